The molecule has 0 spiro atoms. The molecule has 0 aliphatic carbocycles. The average molecular weight is 87.1 g/mol. The second kappa shape index (κ2) is 2.66. The van der Waals surface area contributed by atoms with Gasteiger partial charge in [0.15, 0.2) is 0 Å². The van der Waals surface area contributed by atoms with Gasteiger partial charge >= 0.3 is 0 Å². The number of rotatable bonds is 2. The monoisotopic (exact) mass is 87.0 g/mol. The molecule has 3 N–H and O–H groups in total. The highest BCUT2D eigenvalue weighted by Gasteiger charge is 1.87. The smallest absolute Gasteiger partial charge is 0.228 e. The van der Waals surface area contributed by atoms with Crippen molar-refractivity contribution >= 4 is 5.91 Å². The molecule has 0 fully saturated rings. The van der Waals surface area contributed by atoms with Crippen LogP contribution >= 0.6 is 0 Å². The van der Waals surface area contributed by atoms with Crippen molar-refractivity contribution in [2.45, 2.75) is 0 Å². The van der Waals surface area contributed by atoms with Crippen molar-refractivity contribution in [2.75, 3.05) is 6.61 Å². The van der Waals surface area contributed by atoms with Crippen molar-refractivity contribution in [2.24, 2.45) is 5.73 Å². The maximum absolute atomic E-state index is 9.55. The number of aliphatic hydroxyl groups excluding tert-OH is 1. The Balaban J connectivity index is 2.83. The predicted octanol–water partition coefficient (Wildman–Crippen LogP) is -1.45. The molecule has 3 heteroatoms. The van der Waals surface area contributed by atoms with Crippen LogP contribution in [0.1, 0.15) is 0 Å². The maximum Gasteiger partial charge on any atom is 0.228 e. The van der Waals surface area contributed by atoms with E-state index < -0.39 is 12.5 Å². The molecule has 3 nitrogen and oxygen atoms in total. The Kier molecular flexibility index (Phi) is 2.40. The first kappa shape index (κ1) is 5.43. The summed E-state index contributed by atoms with van der Waals surface area (Å²) in [5, 5.41) is 7.82. The van der Waals surface area contributed by atoms with E-state index >= 15 is 0 Å². The molecule has 34 valence electrons. The van der Waals surface area contributed by atoms with Gasteiger partial charge in [-0.1, -0.05) is 0 Å². The fourth-order valence-electron chi connectivity index (χ4n) is 0.0779. The van der Waals surface area contributed by atoms with E-state index in [2.05, 4.69) is 5.73 Å². The number of nitrogens with two attached hydrogens (primary N) is 1. The van der Waals surface area contributed by atoms with Crippen LogP contribution in [0.5, 0.6) is 0 Å². The van der Waals surface area contributed by atoms with Crippen molar-refractivity contribution < 1.29 is 9.90 Å². The van der Waals surface area contributed by atoms with E-state index in [1.54, 1.807) is 0 Å². The van der Waals surface area contributed by atoms with Crippen molar-refractivity contribution in [3.63, 3.8) is 0 Å². The number of carbonyl (C=O) groups excluding carboxylic acids is 1. The topological polar surface area (TPSA) is 63.3 Å². The average Bonchev–Trinajstić information content (AvgIpc) is 1.35. The molecule has 0 heterocycles. The highest BCUT2D eigenvalue weighted by molar-refractivity contribution is 5.82. The third-order valence-corrected chi connectivity index (χ3v) is 0.253. The first-order valence-electron chi connectivity index (χ1n) is 1.41. The minimum Gasteiger partial charge on any atom is -0.395 e. The molecule has 0 bridgehead atoms. The van der Waals surface area contributed by atoms with Crippen molar-refractivity contribution in [1.29, 1.82) is 0 Å². The van der Waals surface area contributed by atoms with Gasteiger partial charge in [-0.15, -0.1) is 0 Å². The van der Waals surface area contributed by atoms with E-state index in [1.165, 1.54) is 0 Å². The minimum absolute atomic E-state index is 0.394. The molecule has 1 amide bonds. The third-order valence-electron chi connectivity index (χ3n) is 0.253. The summed E-state index contributed by atoms with van der Waals surface area (Å²) in [5.41, 5.74) is 4.49. The fraction of sp³-hybridized carbons (Fsp3) is 0.333. The summed E-state index contributed by atoms with van der Waals surface area (Å²) in [7, 11) is 0. The molecule has 0 saturated carbocycles. The first-order chi connectivity index (χ1) is 2.77. The zero-order valence-corrected chi connectivity index (χ0v) is 3.14. The van der Waals surface area contributed by atoms with Gasteiger partial charge in [0.05, 0.1) is 6.61 Å². The van der Waals surface area contributed by atoms with Gasteiger partial charge in [0.25, 0.3) is 0 Å². The Hall–Kier alpha value is -0.570. The Bertz CT molecular complexity index is 52.8. The van der Waals surface area contributed by atoms with Crippen LogP contribution in [0.4, 0.5) is 0 Å². The summed E-state index contributed by atoms with van der Waals surface area (Å²) in [4.78, 5) is 9.55. The lowest BCUT2D eigenvalue weighted by Crippen LogP contribution is -2.12. The highest BCUT2D eigenvalue weighted by Crippen LogP contribution is 1.64. The molecule has 2 radical (unpaired) electrons. The predicted molar refractivity (Wildman–Crippen MR) is 19.5 cm³/mol. The number of hydrogen-bond acceptors (Lipinski definition) is 2. The molecule has 6 heavy (non-hydrogen) atoms. The summed E-state index contributed by atoms with van der Waals surface area (Å²) < 4.78 is 0. The first-order valence-corrected chi connectivity index (χ1v) is 1.41. The van der Waals surface area contributed by atoms with E-state index in [0.717, 1.165) is 0 Å². The number of primary amides is 1. The Morgan fingerprint density at radius 1 is 2.00 bits per heavy atom. The number of amides is 1. The quantitative estimate of drug-likeness (QED) is 0.432. The Morgan fingerprint density at radius 3 is 2.50 bits per heavy atom. The lowest BCUT2D eigenvalue weighted by atomic mass is 10.4. The summed E-state index contributed by atoms with van der Waals surface area (Å²) in [6, 6.07) is 0. The molecule has 0 aromatic rings. The van der Waals surface area contributed by atoms with Crippen LogP contribution in [0.2, 0.25) is 0 Å². The second-order valence-electron chi connectivity index (χ2n) is 0.699. The van der Waals surface area contributed by atoms with E-state index in [4.69, 9.17) is 5.11 Å². The van der Waals surface area contributed by atoms with Gasteiger partial charge in [-0.3, -0.25) is 4.79 Å². The van der Waals surface area contributed by atoms with Crippen LogP contribution in [0, 0.1) is 6.42 Å². The largest absolute Gasteiger partial charge is 0.395 e. The third kappa shape index (κ3) is 3.43. The van der Waals surface area contributed by atoms with Gasteiger partial charge in [-0.05, 0) is 0 Å². The standard InChI is InChI=1S/C3H5NO2/c4-3(6)1-2-5/h5H,2H2,(H2,4,6). The lowest BCUT2D eigenvalue weighted by molar-refractivity contribution is -0.115. The second-order valence-corrected chi connectivity index (χ2v) is 0.699. The summed E-state index contributed by atoms with van der Waals surface area (Å²) >= 11 is 0. The summed E-state index contributed by atoms with van der Waals surface area (Å²) in [6.07, 6.45) is 1.90. The van der Waals surface area contributed by atoms with Crippen molar-refractivity contribution in [3.8, 4) is 0 Å². The van der Waals surface area contributed by atoms with Crippen LogP contribution in [0.25, 0.3) is 0 Å². The van der Waals surface area contributed by atoms with E-state index in [9.17, 15) is 4.79 Å². The normalized spacial score (nSPS) is 8.17. The van der Waals surface area contributed by atoms with Gasteiger partial charge in [0.1, 0.15) is 6.42 Å². The fourth-order valence-corrected chi connectivity index (χ4v) is 0.0779. The van der Waals surface area contributed by atoms with E-state index in [-0.39, 0.29) is 0 Å². The Morgan fingerprint density at radius 2 is 2.50 bits per heavy atom. The maximum atomic E-state index is 9.55. The molecule has 0 rings (SSSR count). The van der Waals surface area contributed by atoms with Gasteiger partial charge in [-0.25, -0.2) is 0 Å². The number of aliphatic hydroxyl groups is 1. The zero-order chi connectivity index (χ0) is 4.99. The molecule has 0 aliphatic rings. The summed E-state index contributed by atoms with van der Waals surface area (Å²) in [5.74, 6) is -0.711. The molecular weight excluding hydrogens is 82.0 g/mol. The van der Waals surface area contributed by atoms with Crippen LogP contribution in [-0.2, 0) is 4.79 Å². The van der Waals surface area contributed by atoms with Gasteiger partial charge < -0.3 is 10.8 Å². The Labute approximate surface area is 35.8 Å². The highest BCUT2D eigenvalue weighted by atomic mass is 16.3. The summed E-state index contributed by atoms with van der Waals surface area (Å²) in [6.45, 7) is -0.394. The van der Waals surface area contributed by atoms with Gasteiger partial charge in [0, 0.05) is 0 Å². The SMILES string of the molecule is NC(=O)[C]CO. The number of hydrogen-bond donors (Lipinski definition) is 2. The zero-order valence-electron chi connectivity index (χ0n) is 3.14. The molecule has 0 atom stereocenters. The molecule has 0 aromatic heterocycles. The lowest BCUT2D eigenvalue weighted by Gasteiger charge is -1.79. The molecule has 0 aliphatic heterocycles. The molecule has 0 saturated heterocycles. The van der Waals surface area contributed by atoms with E-state index in [1.807, 2.05) is 6.42 Å². The van der Waals surface area contributed by atoms with Crippen molar-refractivity contribution in [1.82, 2.24) is 0 Å². The van der Waals surface area contributed by atoms with E-state index in [0.29, 0.717) is 0 Å². The molecule has 0 unspecified atom stereocenters. The van der Waals surface area contributed by atoms with Gasteiger partial charge in [-0.2, -0.15) is 0 Å². The number of carbonyl (C=O) groups is 1. The van der Waals surface area contributed by atoms with Gasteiger partial charge in [0.2, 0.25) is 5.91 Å². The van der Waals surface area contributed by atoms with Crippen LogP contribution in [0.3, 0.4) is 0 Å². The van der Waals surface area contributed by atoms with Crippen LogP contribution < -0.4 is 5.73 Å². The molecule has 0 aromatic carbocycles. The minimum atomic E-state index is -0.711. The molecular formula is C3H5NO2. The van der Waals surface area contributed by atoms with Crippen molar-refractivity contribution in [3.05, 3.63) is 6.42 Å². The van der Waals surface area contributed by atoms with Crippen LogP contribution in [-0.4, -0.2) is 17.6 Å². The van der Waals surface area contributed by atoms with Crippen LogP contribution in [0.15, 0.2) is 0 Å².